The second-order valence-corrected chi connectivity index (χ2v) is 2.44. The minimum Gasteiger partial charge on any atom is -0.870 e. The molecular weight excluding hydrogens is 116 g/mol. The van der Waals surface area contributed by atoms with Crippen molar-refractivity contribution in [3.8, 4) is 0 Å². The van der Waals surface area contributed by atoms with E-state index in [0.29, 0.717) is 6.04 Å². The van der Waals surface area contributed by atoms with Gasteiger partial charge in [-0.25, -0.2) is 0 Å². The maximum atomic E-state index is 5.13. The highest BCUT2D eigenvalue weighted by Gasteiger charge is 2.12. The van der Waals surface area contributed by atoms with E-state index in [1.54, 1.807) is 0 Å². The van der Waals surface area contributed by atoms with Gasteiger partial charge >= 0.3 is 0 Å². The van der Waals surface area contributed by atoms with Gasteiger partial charge in [-0.1, -0.05) is 19.3 Å². The Hall–Kier alpha value is -0.440. The average Bonchev–Trinajstić information content (AvgIpc) is 1.90. The average molecular weight is 130 g/mol. The number of nitrogens with zero attached hydrogens (tertiary/aromatic N) is 1. The molecule has 0 amide bonds. The van der Waals surface area contributed by atoms with E-state index in [0.717, 1.165) is 0 Å². The standard InChI is InChI=1S/C6H12N2.H2O/c7-8-6-4-2-1-3-5-6;/h6-7H,1-5H2;1H2. The number of nitrogens with two attached hydrogens (primary N) is 1. The summed E-state index contributed by atoms with van der Waals surface area (Å²) in [6, 6.07) is 0.490. The molecule has 0 aromatic rings. The van der Waals surface area contributed by atoms with Gasteiger partial charge in [0.15, 0.2) is 0 Å². The molecule has 1 aliphatic rings. The first-order valence-electron chi connectivity index (χ1n) is 3.33. The smallest absolute Gasteiger partial charge is 0.112 e. The third-order valence-corrected chi connectivity index (χ3v) is 1.79. The quantitative estimate of drug-likeness (QED) is 0.511. The molecule has 0 aromatic carbocycles. The Bertz CT molecular complexity index is 79.1. The van der Waals surface area contributed by atoms with E-state index in [1.807, 2.05) is 0 Å². The van der Waals surface area contributed by atoms with Gasteiger partial charge in [0, 0.05) is 0 Å². The van der Waals surface area contributed by atoms with Crippen molar-refractivity contribution in [2.45, 2.75) is 38.1 Å². The zero-order chi connectivity index (χ0) is 5.82. The van der Waals surface area contributed by atoms with Crippen molar-refractivity contribution >= 4 is 0 Å². The fraction of sp³-hybridized carbons (Fsp3) is 1.00. The molecule has 0 radical (unpaired) electrons. The van der Waals surface area contributed by atoms with Crippen molar-refractivity contribution in [1.29, 1.82) is 0 Å². The van der Waals surface area contributed by atoms with Crippen LogP contribution in [0, 0.1) is 0 Å². The lowest BCUT2D eigenvalue weighted by molar-refractivity contribution is -0.230. The molecule has 3 N–H and O–H groups in total. The second-order valence-electron chi connectivity index (χ2n) is 2.44. The molecule has 0 heterocycles. The van der Waals surface area contributed by atoms with Crippen molar-refractivity contribution < 1.29 is 11.0 Å². The summed E-state index contributed by atoms with van der Waals surface area (Å²) in [5.41, 5.74) is 5.13. The maximum absolute atomic E-state index is 5.13. The van der Waals surface area contributed by atoms with Crippen molar-refractivity contribution in [3.05, 3.63) is 0 Å². The van der Waals surface area contributed by atoms with E-state index < -0.39 is 0 Å². The van der Waals surface area contributed by atoms with Gasteiger partial charge in [-0.2, -0.15) is 5.53 Å². The third-order valence-electron chi connectivity index (χ3n) is 1.79. The molecule has 54 valence electrons. The van der Waals surface area contributed by atoms with Crippen LogP contribution in [-0.2, 0) is 0 Å². The molecule has 0 atom stereocenters. The Labute approximate surface area is 55.3 Å². The Morgan fingerprint density at radius 1 is 1.11 bits per heavy atom. The number of hydrogen-bond donors (Lipinski definition) is 1. The molecule has 9 heavy (non-hydrogen) atoms. The van der Waals surface area contributed by atoms with E-state index in [2.05, 4.69) is 5.11 Å². The minimum absolute atomic E-state index is 0. The number of hydrogen-bond acceptors (Lipinski definition) is 2. The summed E-state index contributed by atoms with van der Waals surface area (Å²) < 4.78 is 0. The van der Waals surface area contributed by atoms with E-state index in [4.69, 9.17) is 5.53 Å². The van der Waals surface area contributed by atoms with Crippen LogP contribution >= 0.6 is 0 Å². The molecule has 0 unspecified atom stereocenters. The maximum Gasteiger partial charge on any atom is 0.112 e. The fourth-order valence-electron chi connectivity index (χ4n) is 1.23. The van der Waals surface area contributed by atoms with Gasteiger partial charge in [0.2, 0.25) is 0 Å². The normalized spacial score (nSPS) is 20.4. The summed E-state index contributed by atoms with van der Waals surface area (Å²) in [6.45, 7) is 0. The minimum atomic E-state index is 0. The van der Waals surface area contributed by atoms with Gasteiger partial charge in [-0.15, -0.1) is 0 Å². The third kappa shape index (κ3) is 2.56. The van der Waals surface area contributed by atoms with Crippen LogP contribution in [0.4, 0.5) is 0 Å². The zero-order valence-electron chi connectivity index (χ0n) is 5.58. The van der Waals surface area contributed by atoms with Crippen molar-refractivity contribution in [1.82, 2.24) is 0 Å². The molecule has 3 nitrogen and oxygen atoms in total. The number of rotatable bonds is 1. The summed E-state index contributed by atoms with van der Waals surface area (Å²) in [7, 11) is 0. The Kier molecular flexibility index (Phi) is 4.22. The van der Waals surface area contributed by atoms with Gasteiger partial charge in [0.1, 0.15) is 6.04 Å². The predicted octanol–water partition coefficient (Wildman–Crippen LogP) is 0.354. The van der Waals surface area contributed by atoms with Gasteiger partial charge in [0.05, 0.1) is 0 Å². The van der Waals surface area contributed by atoms with E-state index >= 15 is 0 Å². The zero-order valence-corrected chi connectivity index (χ0v) is 5.58. The van der Waals surface area contributed by atoms with Crippen LogP contribution in [0.25, 0.3) is 0 Å². The van der Waals surface area contributed by atoms with E-state index in [1.165, 1.54) is 32.1 Å². The summed E-state index contributed by atoms with van der Waals surface area (Å²) in [5.74, 6) is 0. The largest absolute Gasteiger partial charge is 0.870 e. The van der Waals surface area contributed by atoms with Crippen LogP contribution < -0.4 is 5.53 Å². The van der Waals surface area contributed by atoms with Crippen LogP contribution in [0.3, 0.4) is 0 Å². The van der Waals surface area contributed by atoms with Crippen LogP contribution in [0.5, 0.6) is 0 Å². The Balaban J connectivity index is 0.000000640. The van der Waals surface area contributed by atoms with Crippen molar-refractivity contribution in [3.63, 3.8) is 0 Å². The molecule has 1 saturated carbocycles. The SMILES string of the molecule is [NH2+]=NC1CCCCC1.[OH-]. The topological polar surface area (TPSA) is 68.0 Å². The Morgan fingerprint density at radius 2 is 1.67 bits per heavy atom. The highest BCUT2D eigenvalue weighted by Crippen LogP contribution is 2.18. The highest BCUT2D eigenvalue weighted by molar-refractivity contribution is 4.67. The molecule has 1 fully saturated rings. The lowest BCUT2D eigenvalue weighted by atomic mass is 9.96. The lowest BCUT2D eigenvalue weighted by Crippen LogP contribution is -2.29. The summed E-state index contributed by atoms with van der Waals surface area (Å²) in [6.07, 6.45) is 6.47. The van der Waals surface area contributed by atoms with Crippen LogP contribution in [0.2, 0.25) is 0 Å². The Morgan fingerprint density at radius 3 is 2.00 bits per heavy atom. The molecule has 0 aliphatic heterocycles. The predicted molar refractivity (Wildman–Crippen MR) is 33.2 cm³/mol. The fourth-order valence-corrected chi connectivity index (χ4v) is 1.23. The van der Waals surface area contributed by atoms with Crippen LogP contribution in [0.15, 0.2) is 5.11 Å². The van der Waals surface area contributed by atoms with E-state index in [-0.39, 0.29) is 5.48 Å². The first-order valence-corrected chi connectivity index (χ1v) is 3.33. The first kappa shape index (κ1) is 8.56. The molecule has 0 spiro atoms. The van der Waals surface area contributed by atoms with Gasteiger partial charge < -0.3 is 5.48 Å². The summed E-state index contributed by atoms with van der Waals surface area (Å²) in [5, 5.41) is 3.75. The summed E-state index contributed by atoms with van der Waals surface area (Å²) >= 11 is 0. The molecule has 3 heteroatoms. The van der Waals surface area contributed by atoms with Gasteiger partial charge in [-0.05, 0) is 18.0 Å². The van der Waals surface area contributed by atoms with Gasteiger partial charge in [-0.3, -0.25) is 0 Å². The molecular formula is C6H14N2O. The van der Waals surface area contributed by atoms with Crippen molar-refractivity contribution in [2.75, 3.05) is 0 Å². The highest BCUT2D eigenvalue weighted by atomic mass is 16.0. The molecule has 0 aromatic heterocycles. The van der Waals surface area contributed by atoms with E-state index in [9.17, 15) is 0 Å². The van der Waals surface area contributed by atoms with Crippen LogP contribution in [0.1, 0.15) is 32.1 Å². The monoisotopic (exact) mass is 130 g/mol. The first-order chi connectivity index (χ1) is 3.93. The van der Waals surface area contributed by atoms with Crippen LogP contribution in [-0.4, -0.2) is 11.5 Å². The molecule has 0 bridgehead atoms. The summed E-state index contributed by atoms with van der Waals surface area (Å²) in [4.78, 5) is 0. The van der Waals surface area contributed by atoms with Gasteiger partial charge in [0.25, 0.3) is 0 Å². The lowest BCUT2D eigenvalue weighted by Gasteiger charge is -2.12. The molecule has 0 saturated heterocycles. The molecule has 1 aliphatic carbocycles. The second kappa shape index (κ2) is 4.44. The van der Waals surface area contributed by atoms with Crippen molar-refractivity contribution in [2.24, 2.45) is 5.11 Å². The molecule has 1 rings (SSSR count).